The zero-order valence-electron chi connectivity index (χ0n) is 15.8. The first-order valence-electron chi connectivity index (χ1n) is 8.39. The lowest BCUT2D eigenvalue weighted by molar-refractivity contribution is -0.384. The fourth-order valence-electron chi connectivity index (χ4n) is 3.19. The maximum Gasteiger partial charge on any atom is 0.269 e. The van der Waals surface area contributed by atoms with Crippen molar-refractivity contribution < 1.29 is 14.5 Å². The summed E-state index contributed by atoms with van der Waals surface area (Å²) < 4.78 is 1.91. The van der Waals surface area contributed by atoms with E-state index >= 15 is 0 Å². The highest BCUT2D eigenvalue weighted by Crippen LogP contribution is 2.26. The largest absolute Gasteiger partial charge is 0.318 e. The zero-order valence-corrected chi connectivity index (χ0v) is 16.6. The molecule has 28 heavy (non-hydrogen) atoms. The lowest BCUT2D eigenvalue weighted by Gasteiger charge is -2.31. The Labute approximate surface area is 166 Å². The Bertz CT molecular complexity index is 1030. The van der Waals surface area contributed by atoms with Crippen molar-refractivity contribution >= 4 is 40.9 Å². The van der Waals surface area contributed by atoms with Gasteiger partial charge in [0.2, 0.25) is 0 Å². The van der Waals surface area contributed by atoms with E-state index in [1.807, 2.05) is 24.5 Å². The molecule has 1 aliphatic rings. The van der Waals surface area contributed by atoms with E-state index in [4.69, 9.17) is 12.2 Å². The molecule has 2 aromatic rings. The van der Waals surface area contributed by atoms with Gasteiger partial charge in [-0.25, -0.2) is 0 Å². The first kappa shape index (κ1) is 19.4. The number of likely N-dealkylation sites (N-methyl/N-ethyl adjacent to an activating group) is 2. The van der Waals surface area contributed by atoms with Crippen LogP contribution in [0.25, 0.3) is 11.8 Å². The van der Waals surface area contributed by atoms with Crippen molar-refractivity contribution in [3.8, 4) is 5.69 Å². The van der Waals surface area contributed by atoms with Gasteiger partial charge in [0.05, 0.1) is 4.92 Å². The molecular formula is C19H18N4O4S. The number of nitro groups is 1. The Morgan fingerprint density at radius 3 is 2.07 bits per heavy atom. The molecule has 1 aliphatic heterocycles. The van der Waals surface area contributed by atoms with Gasteiger partial charge in [0, 0.05) is 43.3 Å². The van der Waals surface area contributed by atoms with Crippen molar-refractivity contribution in [3.05, 3.63) is 63.0 Å². The molecule has 0 saturated carbocycles. The van der Waals surface area contributed by atoms with Gasteiger partial charge >= 0.3 is 0 Å². The van der Waals surface area contributed by atoms with Gasteiger partial charge in [-0.1, -0.05) is 0 Å². The van der Waals surface area contributed by atoms with E-state index < -0.39 is 16.7 Å². The van der Waals surface area contributed by atoms with Crippen molar-refractivity contribution in [2.75, 3.05) is 14.1 Å². The molecule has 0 radical (unpaired) electrons. The van der Waals surface area contributed by atoms with E-state index in [0.717, 1.165) is 17.1 Å². The number of thiocarbonyl (C=S) groups is 1. The van der Waals surface area contributed by atoms with Crippen molar-refractivity contribution in [1.29, 1.82) is 0 Å². The summed E-state index contributed by atoms with van der Waals surface area (Å²) in [6, 6.07) is 8.05. The fourth-order valence-corrected chi connectivity index (χ4v) is 3.35. The molecule has 0 spiro atoms. The zero-order chi connectivity index (χ0) is 20.7. The third kappa shape index (κ3) is 3.09. The highest BCUT2D eigenvalue weighted by Gasteiger charge is 2.35. The number of carbonyl (C=O) groups is 2. The molecule has 0 aliphatic carbocycles. The molecule has 144 valence electrons. The minimum atomic E-state index is -0.452. The van der Waals surface area contributed by atoms with Gasteiger partial charge < -0.3 is 4.57 Å². The molecule has 3 rings (SSSR count). The summed E-state index contributed by atoms with van der Waals surface area (Å²) in [6.45, 7) is 3.74. The molecule has 0 N–H and O–H groups in total. The summed E-state index contributed by atoms with van der Waals surface area (Å²) >= 11 is 5.10. The summed E-state index contributed by atoms with van der Waals surface area (Å²) in [7, 11) is 3.06. The Balaban J connectivity index is 2.05. The highest BCUT2D eigenvalue weighted by atomic mass is 32.1. The number of hydrogen-bond donors (Lipinski definition) is 0. The lowest BCUT2D eigenvalue weighted by Crippen LogP contribution is -2.52. The number of aromatic nitrogens is 1. The number of carbonyl (C=O) groups excluding carboxylic acids is 2. The van der Waals surface area contributed by atoms with Crippen LogP contribution >= 0.6 is 12.2 Å². The number of aryl methyl sites for hydroxylation is 1. The highest BCUT2D eigenvalue weighted by molar-refractivity contribution is 7.80. The average molecular weight is 398 g/mol. The number of nitrogens with zero attached hydrogens (tertiary/aromatic N) is 4. The van der Waals surface area contributed by atoms with Crippen molar-refractivity contribution in [2.45, 2.75) is 13.8 Å². The molecule has 1 fully saturated rings. The summed E-state index contributed by atoms with van der Waals surface area (Å²) in [5, 5.41) is 11.0. The molecule has 9 heteroatoms. The first-order chi connectivity index (χ1) is 13.1. The SMILES string of the molecule is Cc1cc(C=C2C(=O)N(C)C(=S)N(C)C2=O)c(C)n1-c1ccc([N+](=O)[O-])cc1. The average Bonchev–Trinajstić information content (AvgIpc) is 2.95. The Hall–Kier alpha value is -3.33. The third-order valence-corrected chi connectivity index (χ3v) is 5.28. The summed E-state index contributed by atoms with van der Waals surface area (Å²) in [5.74, 6) is -0.901. The number of benzene rings is 1. The Morgan fingerprint density at radius 1 is 1.04 bits per heavy atom. The third-order valence-electron chi connectivity index (χ3n) is 4.73. The molecular weight excluding hydrogens is 380 g/mol. The number of rotatable bonds is 3. The van der Waals surface area contributed by atoms with Crippen LogP contribution in [-0.4, -0.2) is 50.3 Å². The van der Waals surface area contributed by atoms with E-state index in [0.29, 0.717) is 5.56 Å². The second-order valence-electron chi connectivity index (χ2n) is 6.50. The second kappa shape index (κ2) is 7.01. The van der Waals surface area contributed by atoms with Gasteiger partial charge in [-0.2, -0.15) is 0 Å². The van der Waals surface area contributed by atoms with E-state index in [2.05, 4.69) is 0 Å². The van der Waals surface area contributed by atoms with Gasteiger partial charge in [0.1, 0.15) is 5.57 Å². The number of hydrogen-bond acceptors (Lipinski definition) is 5. The van der Waals surface area contributed by atoms with Crippen LogP contribution in [0.3, 0.4) is 0 Å². The van der Waals surface area contributed by atoms with Crippen LogP contribution in [0.1, 0.15) is 17.0 Å². The van der Waals surface area contributed by atoms with E-state index in [1.54, 1.807) is 18.2 Å². The van der Waals surface area contributed by atoms with Gasteiger partial charge in [0.25, 0.3) is 17.5 Å². The molecule has 0 bridgehead atoms. The topological polar surface area (TPSA) is 88.7 Å². The standard InChI is InChI=1S/C19H18N4O4S/c1-11-9-13(10-16-17(24)20(3)19(28)21(4)18(16)25)12(2)22(11)14-5-7-15(8-6-14)23(26)27/h5-10H,1-4H3. The number of amides is 2. The van der Waals surface area contributed by atoms with Gasteiger partial charge in [-0.15, -0.1) is 0 Å². The van der Waals surface area contributed by atoms with Crippen molar-refractivity contribution in [3.63, 3.8) is 0 Å². The number of nitro benzene ring substituents is 1. The maximum absolute atomic E-state index is 12.5. The van der Waals surface area contributed by atoms with Gasteiger partial charge in [0.15, 0.2) is 5.11 Å². The molecule has 8 nitrogen and oxygen atoms in total. The van der Waals surface area contributed by atoms with Crippen LogP contribution in [0, 0.1) is 24.0 Å². The minimum Gasteiger partial charge on any atom is -0.318 e. The van der Waals surface area contributed by atoms with E-state index in [1.165, 1.54) is 36.0 Å². The quantitative estimate of drug-likeness (QED) is 0.261. The van der Waals surface area contributed by atoms with Crippen LogP contribution in [0.2, 0.25) is 0 Å². The van der Waals surface area contributed by atoms with Crippen molar-refractivity contribution in [1.82, 2.24) is 14.4 Å². The minimum absolute atomic E-state index is 0.00833. The fraction of sp³-hybridized carbons (Fsp3) is 0.211. The van der Waals surface area contributed by atoms with Crippen LogP contribution in [-0.2, 0) is 9.59 Å². The van der Waals surface area contributed by atoms with Crippen LogP contribution in [0.5, 0.6) is 0 Å². The molecule has 1 saturated heterocycles. The second-order valence-corrected chi connectivity index (χ2v) is 6.87. The van der Waals surface area contributed by atoms with E-state index in [9.17, 15) is 19.7 Å². The molecule has 0 unspecified atom stereocenters. The molecule has 2 amide bonds. The van der Waals surface area contributed by atoms with Gasteiger partial charge in [-0.3, -0.25) is 29.5 Å². The molecule has 2 heterocycles. The monoisotopic (exact) mass is 398 g/mol. The summed E-state index contributed by atoms with van der Waals surface area (Å²) in [6.07, 6.45) is 1.56. The normalized spacial score (nSPS) is 14.7. The van der Waals surface area contributed by atoms with E-state index in [-0.39, 0.29) is 16.4 Å². The first-order valence-corrected chi connectivity index (χ1v) is 8.80. The molecule has 1 aromatic carbocycles. The molecule has 0 atom stereocenters. The number of non-ortho nitro benzene ring substituents is 1. The predicted molar refractivity (Wildman–Crippen MR) is 108 cm³/mol. The Morgan fingerprint density at radius 2 is 1.57 bits per heavy atom. The van der Waals surface area contributed by atoms with Crippen LogP contribution < -0.4 is 0 Å². The molecule has 1 aromatic heterocycles. The summed E-state index contributed by atoms with van der Waals surface area (Å²) in [5.41, 5.74) is 3.17. The Kier molecular flexibility index (Phi) is 4.86. The smallest absolute Gasteiger partial charge is 0.269 e. The van der Waals surface area contributed by atoms with Crippen molar-refractivity contribution in [2.24, 2.45) is 0 Å². The predicted octanol–water partition coefficient (Wildman–Crippen LogP) is 2.60. The van der Waals surface area contributed by atoms with Gasteiger partial charge in [-0.05, 0) is 55.9 Å². The lowest BCUT2D eigenvalue weighted by atomic mass is 10.1. The summed E-state index contributed by atoms with van der Waals surface area (Å²) in [4.78, 5) is 38.0. The van der Waals surface area contributed by atoms with Crippen LogP contribution in [0.4, 0.5) is 5.69 Å². The maximum atomic E-state index is 12.5. The van der Waals surface area contributed by atoms with Crippen LogP contribution in [0.15, 0.2) is 35.9 Å².